The third kappa shape index (κ3) is 3.82. The number of hydrogen-bond acceptors (Lipinski definition) is 3. The van der Waals surface area contributed by atoms with E-state index in [1.165, 1.54) is 6.92 Å². The molecule has 0 aliphatic heterocycles. The van der Waals surface area contributed by atoms with Crippen molar-refractivity contribution in [2.75, 3.05) is 0 Å². The van der Waals surface area contributed by atoms with Gasteiger partial charge in [0.25, 0.3) is 0 Å². The Bertz CT molecular complexity index is 203. The Hall–Kier alpha value is -0.570. The van der Waals surface area contributed by atoms with Crippen LogP contribution in [0.3, 0.4) is 0 Å². The first kappa shape index (κ1) is 12.5. The molecule has 1 aliphatic carbocycles. The van der Waals surface area contributed by atoms with Gasteiger partial charge in [0.2, 0.25) is 0 Å². The van der Waals surface area contributed by atoms with Gasteiger partial charge >= 0.3 is 5.97 Å². The molecule has 1 fully saturated rings. The Morgan fingerprint density at radius 3 is 2.80 bits per heavy atom. The van der Waals surface area contributed by atoms with E-state index in [0.717, 1.165) is 38.5 Å². The summed E-state index contributed by atoms with van der Waals surface area (Å²) in [5.41, 5.74) is 0. The fourth-order valence-electron chi connectivity index (χ4n) is 2.35. The van der Waals surface area contributed by atoms with Crippen molar-refractivity contribution in [3.05, 3.63) is 0 Å². The topological polar surface area (TPSA) is 46.5 Å². The lowest BCUT2D eigenvalue weighted by Gasteiger charge is -2.34. The van der Waals surface area contributed by atoms with E-state index in [1.807, 2.05) is 0 Å². The zero-order valence-corrected chi connectivity index (χ0v) is 9.74. The van der Waals surface area contributed by atoms with Crippen LogP contribution in [-0.2, 0) is 9.53 Å². The first-order valence-electron chi connectivity index (χ1n) is 6.00. The van der Waals surface area contributed by atoms with Gasteiger partial charge < -0.3 is 9.84 Å². The lowest BCUT2D eigenvalue weighted by molar-refractivity contribution is -0.158. The first-order valence-corrected chi connectivity index (χ1v) is 6.00. The molecular weight excluding hydrogens is 192 g/mol. The molecule has 1 rings (SSSR count). The molecule has 0 heterocycles. The second-order valence-corrected chi connectivity index (χ2v) is 4.47. The smallest absolute Gasteiger partial charge is 0.302 e. The predicted octanol–water partition coefficient (Wildman–Crippen LogP) is 2.27. The third-order valence-electron chi connectivity index (χ3n) is 3.17. The third-order valence-corrected chi connectivity index (χ3v) is 3.17. The van der Waals surface area contributed by atoms with E-state index in [-0.39, 0.29) is 12.1 Å². The van der Waals surface area contributed by atoms with E-state index in [2.05, 4.69) is 6.92 Å². The maximum Gasteiger partial charge on any atom is 0.302 e. The molecule has 3 atom stereocenters. The van der Waals surface area contributed by atoms with Gasteiger partial charge in [-0.1, -0.05) is 19.8 Å². The lowest BCUT2D eigenvalue weighted by Crippen LogP contribution is -2.40. The highest BCUT2D eigenvalue weighted by atomic mass is 16.6. The number of hydrogen-bond donors (Lipinski definition) is 1. The standard InChI is InChI=1S/C12H22O3/c1-3-4-6-10-7-5-8-11(12(10)14)15-9(2)13/h10-12,14H,3-8H2,1-2H3/t10-,11-,12+/m1/s1. The van der Waals surface area contributed by atoms with Crippen LogP contribution >= 0.6 is 0 Å². The van der Waals surface area contributed by atoms with Crippen LogP contribution in [0.25, 0.3) is 0 Å². The number of aliphatic hydroxyl groups is 1. The van der Waals surface area contributed by atoms with E-state index >= 15 is 0 Å². The van der Waals surface area contributed by atoms with Crippen molar-refractivity contribution < 1.29 is 14.6 Å². The van der Waals surface area contributed by atoms with Crippen LogP contribution < -0.4 is 0 Å². The van der Waals surface area contributed by atoms with Crippen LogP contribution in [0.5, 0.6) is 0 Å². The summed E-state index contributed by atoms with van der Waals surface area (Å²) in [6.07, 6.45) is 5.57. The Morgan fingerprint density at radius 1 is 1.47 bits per heavy atom. The molecule has 0 spiro atoms. The van der Waals surface area contributed by atoms with Crippen molar-refractivity contribution >= 4 is 5.97 Å². The number of carbonyl (C=O) groups is 1. The largest absolute Gasteiger partial charge is 0.460 e. The van der Waals surface area contributed by atoms with Crippen LogP contribution in [0.4, 0.5) is 0 Å². The summed E-state index contributed by atoms with van der Waals surface area (Å²) >= 11 is 0. The average molecular weight is 214 g/mol. The number of carbonyl (C=O) groups excluding carboxylic acids is 1. The molecule has 0 amide bonds. The predicted molar refractivity (Wildman–Crippen MR) is 58.4 cm³/mol. The van der Waals surface area contributed by atoms with Gasteiger partial charge in [-0.2, -0.15) is 0 Å². The van der Waals surface area contributed by atoms with E-state index in [9.17, 15) is 9.90 Å². The molecule has 0 unspecified atom stereocenters. The fourth-order valence-corrected chi connectivity index (χ4v) is 2.35. The second-order valence-electron chi connectivity index (χ2n) is 4.47. The van der Waals surface area contributed by atoms with Crippen molar-refractivity contribution in [2.24, 2.45) is 5.92 Å². The summed E-state index contributed by atoms with van der Waals surface area (Å²) in [5.74, 6) is 0.0400. The Morgan fingerprint density at radius 2 is 2.20 bits per heavy atom. The van der Waals surface area contributed by atoms with Gasteiger partial charge in [-0.25, -0.2) is 0 Å². The highest BCUT2D eigenvalue weighted by Crippen LogP contribution is 2.30. The van der Waals surface area contributed by atoms with Crippen molar-refractivity contribution in [1.29, 1.82) is 0 Å². The summed E-state index contributed by atoms with van der Waals surface area (Å²) in [5, 5.41) is 10.0. The molecule has 88 valence electrons. The van der Waals surface area contributed by atoms with Crippen LogP contribution in [-0.4, -0.2) is 23.3 Å². The van der Waals surface area contributed by atoms with Gasteiger partial charge in [0.05, 0.1) is 6.10 Å². The molecule has 1 saturated carbocycles. The Balaban J connectivity index is 2.43. The molecule has 15 heavy (non-hydrogen) atoms. The lowest BCUT2D eigenvalue weighted by atomic mass is 9.81. The van der Waals surface area contributed by atoms with Crippen molar-refractivity contribution in [3.8, 4) is 0 Å². The number of aliphatic hydroxyl groups excluding tert-OH is 1. The summed E-state index contributed by atoms with van der Waals surface area (Å²) in [6.45, 7) is 3.56. The Kier molecular flexibility index (Phi) is 5.09. The molecule has 3 nitrogen and oxygen atoms in total. The zero-order valence-electron chi connectivity index (χ0n) is 9.74. The van der Waals surface area contributed by atoms with Gasteiger partial charge in [0.1, 0.15) is 6.10 Å². The zero-order chi connectivity index (χ0) is 11.3. The fraction of sp³-hybridized carbons (Fsp3) is 0.917. The minimum atomic E-state index is -0.450. The molecule has 0 aromatic carbocycles. The van der Waals surface area contributed by atoms with Crippen LogP contribution in [0, 0.1) is 5.92 Å². The van der Waals surface area contributed by atoms with Crippen LogP contribution in [0.1, 0.15) is 52.4 Å². The SMILES string of the molecule is CCCC[C@@H]1CCC[C@@H](OC(C)=O)[C@H]1O. The minimum Gasteiger partial charge on any atom is -0.460 e. The molecular formula is C12H22O3. The molecule has 0 aromatic heterocycles. The highest BCUT2D eigenvalue weighted by Gasteiger charge is 2.33. The molecule has 1 aliphatic rings. The molecule has 0 aromatic rings. The summed E-state index contributed by atoms with van der Waals surface area (Å²) in [7, 11) is 0. The number of rotatable bonds is 4. The Labute approximate surface area is 91.8 Å². The van der Waals surface area contributed by atoms with E-state index < -0.39 is 6.10 Å². The summed E-state index contributed by atoms with van der Waals surface area (Å²) in [6, 6.07) is 0. The number of esters is 1. The van der Waals surface area contributed by atoms with Crippen LogP contribution in [0.15, 0.2) is 0 Å². The van der Waals surface area contributed by atoms with E-state index in [0.29, 0.717) is 5.92 Å². The van der Waals surface area contributed by atoms with Gasteiger partial charge in [-0.15, -0.1) is 0 Å². The normalized spacial score (nSPS) is 31.3. The van der Waals surface area contributed by atoms with Crippen molar-refractivity contribution in [1.82, 2.24) is 0 Å². The first-order chi connectivity index (χ1) is 7.15. The molecule has 1 N–H and O–H groups in total. The second kappa shape index (κ2) is 6.11. The van der Waals surface area contributed by atoms with Gasteiger partial charge in [0, 0.05) is 6.92 Å². The number of ether oxygens (including phenoxy) is 1. The van der Waals surface area contributed by atoms with Gasteiger partial charge in [0.15, 0.2) is 0 Å². The maximum atomic E-state index is 10.8. The van der Waals surface area contributed by atoms with Crippen molar-refractivity contribution in [2.45, 2.75) is 64.6 Å². The average Bonchev–Trinajstić information content (AvgIpc) is 2.19. The van der Waals surface area contributed by atoms with Crippen molar-refractivity contribution in [3.63, 3.8) is 0 Å². The quantitative estimate of drug-likeness (QED) is 0.730. The van der Waals surface area contributed by atoms with Gasteiger partial charge in [-0.05, 0) is 31.6 Å². The number of unbranched alkanes of at least 4 members (excludes halogenated alkanes) is 1. The summed E-state index contributed by atoms with van der Waals surface area (Å²) < 4.78 is 5.12. The molecule has 0 radical (unpaired) electrons. The molecule has 0 saturated heterocycles. The van der Waals surface area contributed by atoms with Crippen LogP contribution in [0.2, 0.25) is 0 Å². The molecule has 0 bridgehead atoms. The summed E-state index contributed by atoms with van der Waals surface area (Å²) in [4.78, 5) is 10.8. The molecule has 3 heteroatoms. The highest BCUT2D eigenvalue weighted by molar-refractivity contribution is 5.66. The van der Waals surface area contributed by atoms with E-state index in [1.54, 1.807) is 0 Å². The van der Waals surface area contributed by atoms with Gasteiger partial charge in [-0.3, -0.25) is 4.79 Å². The minimum absolute atomic E-state index is 0.266. The monoisotopic (exact) mass is 214 g/mol. The maximum absolute atomic E-state index is 10.8. The van der Waals surface area contributed by atoms with E-state index in [4.69, 9.17) is 4.74 Å².